The summed E-state index contributed by atoms with van der Waals surface area (Å²) in [4.78, 5) is 12.7. The Morgan fingerprint density at radius 1 is 1.32 bits per heavy atom. The number of benzene rings is 1. The van der Waals surface area contributed by atoms with Crippen molar-refractivity contribution in [1.82, 2.24) is 4.90 Å². The van der Waals surface area contributed by atoms with Crippen LogP contribution in [0.5, 0.6) is 5.75 Å². The molecule has 6 heteroatoms. The third-order valence-electron chi connectivity index (χ3n) is 2.41. The van der Waals surface area contributed by atoms with Crippen LogP contribution in [0.1, 0.15) is 35.8 Å². The molecule has 5 nitrogen and oxygen atoms in total. The monoisotopic (exact) mass is 381 g/mol. The fourth-order valence-corrected chi connectivity index (χ4v) is 1.94. The van der Waals surface area contributed by atoms with Gasteiger partial charge in [0.1, 0.15) is 11.4 Å². The highest BCUT2D eigenvalue weighted by Crippen LogP contribution is 2.30. The Kier molecular flexibility index (Phi) is 2.29. The molecule has 0 aliphatic carbocycles. The molecule has 0 spiro atoms. The van der Waals surface area contributed by atoms with Gasteiger partial charge in [0.15, 0.2) is 0 Å². The van der Waals surface area contributed by atoms with Crippen LogP contribution in [0.4, 0.5) is 10.5 Å². The summed E-state index contributed by atoms with van der Waals surface area (Å²) >= 11 is 3.05. The molecule has 0 atom stereocenters. The van der Waals surface area contributed by atoms with Crippen LogP contribution < -0.4 is 9.64 Å². The van der Waals surface area contributed by atoms with Crippen LogP contribution in [0, 0.1) is 0 Å². The second-order valence-electron chi connectivity index (χ2n) is 5.32. The number of carbonyl (C=O) groups excluding carboxylic acids is 1. The molecule has 0 radical (unpaired) electrons. The minimum atomic E-state index is -3.41. The van der Waals surface area contributed by atoms with Gasteiger partial charge >= 0.3 is 6.09 Å². The third-order valence-corrected chi connectivity index (χ3v) is 3.03. The number of ether oxygens (including phenoxy) is 2. The van der Waals surface area contributed by atoms with Crippen molar-refractivity contribution >= 4 is 27.7 Å². The molecule has 1 aliphatic rings. The lowest BCUT2D eigenvalue weighted by atomic mass is 10.2. The number of hydrogen-bond donors (Lipinski definition) is 0. The molecular formula is C16H23BrN2O3. The maximum absolute atomic E-state index is 12.7. The summed E-state index contributed by atoms with van der Waals surface area (Å²) in [6.45, 7) is -9.13. The zero-order valence-corrected chi connectivity index (χ0v) is 13.8. The van der Waals surface area contributed by atoms with Crippen LogP contribution >= 0.6 is 15.9 Å². The summed E-state index contributed by atoms with van der Waals surface area (Å²) in [5, 5.41) is 0. The van der Waals surface area contributed by atoms with E-state index in [1.54, 1.807) is 0 Å². The molecule has 122 valence electrons. The van der Waals surface area contributed by atoms with E-state index in [0.29, 0.717) is 0 Å². The molecule has 2 rings (SSSR count). The molecule has 0 saturated carbocycles. The summed E-state index contributed by atoms with van der Waals surface area (Å²) < 4.78 is 98.2. The van der Waals surface area contributed by atoms with Gasteiger partial charge in [0, 0.05) is 31.7 Å². The topological polar surface area (TPSA) is 42.0 Å². The predicted octanol–water partition coefficient (Wildman–Crippen LogP) is 3.51. The van der Waals surface area contributed by atoms with Crippen molar-refractivity contribution in [2.75, 3.05) is 37.9 Å². The van der Waals surface area contributed by atoms with Crippen LogP contribution in [-0.4, -0.2) is 49.6 Å². The molecule has 1 aliphatic heterocycles. The number of hydrogen-bond acceptors (Lipinski definition) is 4. The third kappa shape index (κ3) is 4.29. The Morgan fingerprint density at radius 2 is 2.00 bits per heavy atom. The van der Waals surface area contributed by atoms with Gasteiger partial charge in [-0.15, -0.1) is 0 Å². The van der Waals surface area contributed by atoms with Crippen molar-refractivity contribution in [3.63, 3.8) is 0 Å². The molecule has 1 fully saturated rings. The van der Waals surface area contributed by atoms with E-state index in [4.69, 9.17) is 24.6 Å². The van der Waals surface area contributed by atoms with Gasteiger partial charge in [0.05, 0.1) is 26.6 Å². The summed E-state index contributed by atoms with van der Waals surface area (Å²) in [5.41, 5.74) is -1.53. The second-order valence-corrected chi connectivity index (χ2v) is 6.17. The van der Waals surface area contributed by atoms with E-state index in [2.05, 4.69) is 15.9 Å². The van der Waals surface area contributed by atoms with Crippen LogP contribution in [0.25, 0.3) is 0 Å². The van der Waals surface area contributed by atoms with Crippen LogP contribution in [0.15, 0.2) is 22.7 Å². The first-order valence-corrected chi connectivity index (χ1v) is 7.08. The smallest absolute Gasteiger partial charge is 0.410 e. The van der Waals surface area contributed by atoms with Crippen molar-refractivity contribution in [2.24, 2.45) is 0 Å². The number of anilines is 1. The Morgan fingerprint density at radius 3 is 2.55 bits per heavy atom. The molecule has 0 bridgehead atoms. The number of carbonyl (C=O) groups is 1. The van der Waals surface area contributed by atoms with Gasteiger partial charge in [0.25, 0.3) is 0 Å². The van der Waals surface area contributed by atoms with Crippen LogP contribution in [0.3, 0.4) is 0 Å². The van der Waals surface area contributed by atoms with Gasteiger partial charge in [-0.2, -0.15) is 0 Å². The highest BCUT2D eigenvalue weighted by atomic mass is 79.9. The Labute approximate surface area is 155 Å². The van der Waals surface area contributed by atoms with Gasteiger partial charge in [-0.25, -0.2) is 4.79 Å². The van der Waals surface area contributed by atoms with Gasteiger partial charge < -0.3 is 19.3 Å². The average molecular weight is 382 g/mol. The number of methoxy groups -OCH3 is 1. The largest absolute Gasteiger partial charge is 0.496 e. The fraction of sp³-hybridized carbons (Fsp3) is 0.562. The molecule has 1 aromatic rings. The van der Waals surface area contributed by atoms with Gasteiger partial charge in [0.2, 0.25) is 0 Å². The molecule has 22 heavy (non-hydrogen) atoms. The molecule has 0 N–H and O–H groups in total. The summed E-state index contributed by atoms with van der Waals surface area (Å²) in [6, 6.07) is 3.20. The van der Waals surface area contributed by atoms with Crippen molar-refractivity contribution in [2.45, 2.75) is 26.4 Å². The first-order valence-electron chi connectivity index (χ1n) is 11.8. The van der Waals surface area contributed by atoms with Gasteiger partial charge in [-0.1, -0.05) is 0 Å². The quantitative estimate of drug-likeness (QED) is 0.785. The lowest BCUT2D eigenvalue weighted by Crippen LogP contribution is -2.50. The highest BCUT2D eigenvalue weighted by Gasteiger charge is 2.26. The molecular weight excluding hydrogens is 348 g/mol. The normalized spacial score (nSPS) is 32.8. The van der Waals surface area contributed by atoms with E-state index in [-0.39, 0.29) is 25.7 Å². The highest BCUT2D eigenvalue weighted by molar-refractivity contribution is 9.10. The van der Waals surface area contributed by atoms with E-state index >= 15 is 0 Å². The Hall–Kier alpha value is -1.43. The van der Waals surface area contributed by atoms with E-state index in [0.717, 1.165) is 18.2 Å². The molecule has 0 unspecified atom stereocenters. The number of amides is 1. The molecule has 1 aromatic carbocycles. The maximum atomic E-state index is 12.7. The Balaban J connectivity index is 2.66. The van der Waals surface area contributed by atoms with Crippen LogP contribution in [0.2, 0.25) is 0 Å². The number of halogens is 1. The zero-order valence-electron chi connectivity index (χ0n) is 23.2. The standard InChI is InChI=1S/C16H23BrN2O3/c1-16(2,3)22-15(20)19-9-7-18(8-10-19)12-5-6-14(21-4)13(17)11-12/h5-6,11H,7-10H2,1-4H3/i4D3,7D2,8D2,9D2,10D2. The maximum Gasteiger partial charge on any atom is 0.410 e. The van der Waals surface area contributed by atoms with Crippen molar-refractivity contribution < 1.29 is 29.3 Å². The zero-order chi connectivity index (χ0) is 26.0. The summed E-state index contributed by atoms with van der Waals surface area (Å²) in [6.07, 6.45) is -1.58. The lowest BCUT2D eigenvalue weighted by Gasteiger charge is -2.36. The summed E-state index contributed by atoms with van der Waals surface area (Å²) in [7, 11) is -2.80. The summed E-state index contributed by atoms with van der Waals surface area (Å²) in [5.74, 6) is -0.182. The average Bonchev–Trinajstić information content (AvgIpc) is 2.52. The van der Waals surface area contributed by atoms with Gasteiger partial charge in [-0.05, 0) is 54.9 Å². The first-order chi connectivity index (χ1) is 14.5. The van der Waals surface area contributed by atoms with Crippen molar-refractivity contribution in [3.05, 3.63) is 22.7 Å². The predicted molar refractivity (Wildman–Crippen MR) is 90.7 cm³/mol. The molecule has 1 amide bonds. The number of piperazine rings is 1. The molecule has 1 saturated heterocycles. The SMILES string of the molecule is [2H]C([2H])([2H])Oc1ccc(N2C([2H])([2H])C([2H])([2H])N(C(=O)OC(C)(C)C)C([2H])([2H])C2([2H])[2H])cc1Br. The molecule has 0 aromatic heterocycles. The fourth-order valence-electron chi connectivity index (χ4n) is 1.50. The minimum absolute atomic E-state index is 0.0292. The van der Waals surface area contributed by atoms with Crippen LogP contribution in [-0.2, 0) is 4.74 Å². The van der Waals surface area contributed by atoms with E-state index in [1.807, 2.05) is 0 Å². The van der Waals surface area contributed by atoms with E-state index in [1.165, 1.54) is 20.8 Å². The lowest BCUT2D eigenvalue weighted by molar-refractivity contribution is 0.0240. The molecule has 1 heterocycles. The van der Waals surface area contributed by atoms with Gasteiger partial charge in [-0.3, -0.25) is 0 Å². The minimum Gasteiger partial charge on any atom is -0.496 e. The number of nitrogens with zero attached hydrogens (tertiary/aromatic N) is 2. The Bertz CT molecular complexity index is 903. The first kappa shape index (κ1) is 7.43. The van der Waals surface area contributed by atoms with E-state index < -0.39 is 44.7 Å². The van der Waals surface area contributed by atoms with E-state index in [9.17, 15) is 4.79 Å². The van der Waals surface area contributed by atoms with Crippen molar-refractivity contribution in [3.8, 4) is 5.75 Å². The number of rotatable bonds is 2. The van der Waals surface area contributed by atoms with Crippen molar-refractivity contribution in [1.29, 1.82) is 0 Å². The second kappa shape index (κ2) is 6.77.